The minimum atomic E-state index is 0.0174. The Balaban J connectivity index is 2.56. The van der Waals surface area contributed by atoms with Gasteiger partial charge in [0.25, 0.3) is 0 Å². The molecule has 0 amide bonds. The molecular formula is C18H29N3O. The predicted molar refractivity (Wildman–Crippen MR) is 92.6 cm³/mol. The van der Waals surface area contributed by atoms with Crippen LogP contribution in [0, 0.1) is 34.6 Å². The Morgan fingerprint density at radius 3 is 2.14 bits per heavy atom. The highest BCUT2D eigenvalue weighted by molar-refractivity contribution is 5.90. The number of aliphatic hydroxyl groups excluding tert-OH is 1. The summed E-state index contributed by atoms with van der Waals surface area (Å²) in [5, 5.41) is 19.1. The van der Waals surface area contributed by atoms with Crippen LogP contribution < -0.4 is 5.32 Å². The maximum atomic E-state index is 9.63. The average molecular weight is 303 g/mol. The van der Waals surface area contributed by atoms with Gasteiger partial charge < -0.3 is 10.4 Å². The second-order valence-electron chi connectivity index (χ2n) is 6.69. The van der Waals surface area contributed by atoms with Crippen LogP contribution in [-0.4, -0.2) is 33.6 Å². The van der Waals surface area contributed by atoms with Crippen LogP contribution in [0.15, 0.2) is 0 Å². The second kappa shape index (κ2) is 6.39. The quantitative estimate of drug-likeness (QED) is 0.893. The molecule has 2 N–H and O–H groups in total. The van der Waals surface area contributed by atoms with E-state index in [1.807, 2.05) is 0 Å². The van der Waals surface area contributed by atoms with Crippen molar-refractivity contribution in [2.45, 2.75) is 67.1 Å². The number of aromatic nitrogens is 2. The lowest BCUT2D eigenvalue weighted by atomic mass is 9.94. The number of nitrogens with zero attached hydrogens (tertiary/aromatic N) is 2. The molecule has 1 atom stereocenters. The number of hydrogen-bond donors (Lipinski definition) is 2. The first-order valence-corrected chi connectivity index (χ1v) is 8.08. The van der Waals surface area contributed by atoms with Crippen LogP contribution in [0.25, 0.3) is 10.9 Å². The summed E-state index contributed by atoms with van der Waals surface area (Å²) in [4.78, 5) is 0. The summed E-state index contributed by atoms with van der Waals surface area (Å²) >= 11 is 0. The third-order valence-electron chi connectivity index (χ3n) is 4.73. The number of aryl methyl sites for hydroxylation is 3. The SMILES string of the molecule is Cc1c(C)c(C)c2c(c(C)nn2CC(CO)NC(C)C)c1C. The molecule has 0 spiro atoms. The van der Waals surface area contributed by atoms with Crippen molar-refractivity contribution in [2.24, 2.45) is 0 Å². The van der Waals surface area contributed by atoms with Crippen molar-refractivity contribution >= 4 is 10.9 Å². The van der Waals surface area contributed by atoms with Crippen molar-refractivity contribution in [3.05, 3.63) is 27.9 Å². The zero-order valence-electron chi connectivity index (χ0n) is 14.9. The van der Waals surface area contributed by atoms with Crippen molar-refractivity contribution in [1.82, 2.24) is 15.1 Å². The van der Waals surface area contributed by atoms with Crippen molar-refractivity contribution < 1.29 is 5.11 Å². The normalized spacial score (nSPS) is 13.3. The Morgan fingerprint density at radius 1 is 1.00 bits per heavy atom. The molecule has 1 unspecified atom stereocenters. The van der Waals surface area contributed by atoms with Gasteiger partial charge in [-0.05, 0) is 56.9 Å². The Hall–Kier alpha value is -1.39. The maximum absolute atomic E-state index is 9.63. The fourth-order valence-corrected chi connectivity index (χ4v) is 3.31. The maximum Gasteiger partial charge on any atom is 0.0720 e. The topological polar surface area (TPSA) is 50.1 Å². The van der Waals surface area contributed by atoms with Gasteiger partial charge in [0.05, 0.1) is 30.4 Å². The molecule has 1 aromatic heterocycles. The molecule has 4 nitrogen and oxygen atoms in total. The molecule has 4 heteroatoms. The number of rotatable bonds is 5. The van der Waals surface area contributed by atoms with Gasteiger partial charge in [0.15, 0.2) is 0 Å². The standard InChI is InChI=1S/C18H29N3O/c1-10(2)19-16(9-22)8-21-18-14(6)12(4)11(3)13(5)17(18)15(7)20-21/h10,16,19,22H,8-9H2,1-7H3. The molecule has 2 aromatic rings. The van der Waals surface area contributed by atoms with Gasteiger partial charge in [-0.2, -0.15) is 5.10 Å². The highest BCUT2D eigenvalue weighted by Crippen LogP contribution is 2.31. The molecule has 0 saturated heterocycles. The van der Waals surface area contributed by atoms with Crippen LogP contribution in [0.5, 0.6) is 0 Å². The molecule has 2 rings (SSSR count). The van der Waals surface area contributed by atoms with Gasteiger partial charge in [-0.25, -0.2) is 0 Å². The van der Waals surface area contributed by atoms with E-state index in [0.29, 0.717) is 12.6 Å². The third-order valence-corrected chi connectivity index (χ3v) is 4.73. The molecule has 1 heterocycles. The van der Waals surface area contributed by atoms with E-state index in [1.54, 1.807) is 0 Å². The minimum Gasteiger partial charge on any atom is -0.395 e. The van der Waals surface area contributed by atoms with Gasteiger partial charge in [-0.1, -0.05) is 13.8 Å². The molecule has 0 aliphatic rings. The Bertz CT molecular complexity index is 686. The van der Waals surface area contributed by atoms with E-state index in [-0.39, 0.29) is 12.6 Å². The fraction of sp³-hybridized carbons (Fsp3) is 0.611. The summed E-state index contributed by atoms with van der Waals surface area (Å²) in [7, 11) is 0. The van der Waals surface area contributed by atoms with E-state index >= 15 is 0 Å². The van der Waals surface area contributed by atoms with Crippen LogP contribution in [-0.2, 0) is 6.54 Å². The summed E-state index contributed by atoms with van der Waals surface area (Å²) in [6.45, 7) is 15.8. The average Bonchev–Trinajstić information content (AvgIpc) is 2.78. The van der Waals surface area contributed by atoms with Crippen molar-refractivity contribution in [1.29, 1.82) is 0 Å². The van der Waals surface area contributed by atoms with Gasteiger partial charge in [0.1, 0.15) is 0 Å². The van der Waals surface area contributed by atoms with E-state index in [0.717, 1.165) is 5.69 Å². The Morgan fingerprint density at radius 2 is 1.59 bits per heavy atom. The molecule has 22 heavy (non-hydrogen) atoms. The van der Waals surface area contributed by atoms with Crippen LogP contribution >= 0.6 is 0 Å². The summed E-state index contributed by atoms with van der Waals surface area (Å²) in [5.41, 5.74) is 7.58. The molecule has 0 saturated carbocycles. The van der Waals surface area contributed by atoms with Crippen LogP contribution in [0.2, 0.25) is 0 Å². The molecule has 122 valence electrons. The number of hydrogen-bond acceptors (Lipinski definition) is 3. The van der Waals surface area contributed by atoms with Gasteiger partial charge in [-0.3, -0.25) is 4.68 Å². The first-order chi connectivity index (χ1) is 10.3. The van der Waals surface area contributed by atoms with Crippen LogP contribution in [0.4, 0.5) is 0 Å². The van der Waals surface area contributed by atoms with E-state index in [9.17, 15) is 5.11 Å². The van der Waals surface area contributed by atoms with Gasteiger partial charge in [0, 0.05) is 11.4 Å². The summed E-state index contributed by atoms with van der Waals surface area (Å²) in [5.74, 6) is 0. The van der Waals surface area contributed by atoms with Gasteiger partial charge in [0.2, 0.25) is 0 Å². The van der Waals surface area contributed by atoms with Crippen LogP contribution in [0.3, 0.4) is 0 Å². The molecule has 0 radical (unpaired) electrons. The lowest BCUT2D eigenvalue weighted by Gasteiger charge is -2.20. The molecule has 0 fully saturated rings. The highest BCUT2D eigenvalue weighted by atomic mass is 16.3. The van der Waals surface area contributed by atoms with E-state index in [1.165, 1.54) is 33.2 Å². The summed E-state index contributed by atoms with van der Waals surface area (Å²) in [6, 6.07) is 0.357. The fourth-order valence-electron chi connectivity index (χ4n) is 3.31. The predicted octanol–water partition coefficient (Wildman–Crippen LogP) is 2.94. The van der Waals surface area contributed by atoms with Crippen molar-refractivity contribution in [3.63, 3.8) is 0 Å². The highest BCUT2D eigenvalue weighted by Gasteiger charge is 2.19. The largest absolute Gasteiger partial charge is 0.395 e. The molecular weight excluding hydrogens is 274 g/mol. The van der Waals surface area contributed by atoms with Gasteiger partial charge >= 0.3 is 0 Å². The zero-order valence-corrected chi connectivity index (χ0v) is 14.9. The van der Waals surface area contributed by atoms with E-state index in [2.05, 4.69) is 58.5 Å². The molecule has 1 aromatic carbocycles. The molecule has 0 aliphatic carbocycles. The third kappa shape index (κ3) is 2.90. The first kappa shape index (κ1) is 17.0. The lowest BCUT2D eigenvalue weighted by molar-refractivity contribution is 0.219. The Kier molecular flexibility index (Phi) is 4.93. The molecule has 0 bridgehead atoms. The van der Waals surface area contributed by atoms with Crippen LogP contribution in [0.1, 0.15) is 41.8 Å². The smallest absolute Gasteiger partial charge is 0.0720 e. The van der Waals surface area contributed by atoms with E-state index in [4.69, 9.17) is 5.10 Å². The number of fused-ring (bicyclic) bond motifs is 1. The monoisotopic (exact) mass is 303 g/mol. The number of nitrogens with one attached hydrogen (secondary N) is 1. The number of benzene rings is 1. The Labute approximate surface area is 133 Å². The van der Waals surface area contributed by atoms with E-state index < -0.39 is 0 Å². The number of aliphatic hydroxyl groups is 1. The van der Waals surface area contributed by atoms with Gasteiger partial charge in [-0.15, -0.1) is 0 Å². The van der Waals surface area contributed by atoms with Crippen molar-refractivity contribution in [2.75, 3.05) is 6.61 Å². The second-order valence-corrected chi connectivity index (χ2v) is 6.69. The summed E-state index contributed by atoms with van der Waals surface area (Å²) in [6.07, 6.45) is 0. The minimum absolute atomic E-state index is 0.0174. The first-order valence-electron chi connectivity index (χ1n) is 8.08. The zero-order chi connectivity index (χ0) is 16.6. The summed E-state index contributed by atoms with van der Waals surface area (Å²) < 4.78 is 2.07. The lowest BCUT2D eigenvalue weighted by Crippen LogP contribution is -2.40. The van der Waals surface area contributed by atoms with Crippen molar-refractivity contribution in [3.8, 4) is 0 Å². The molecule has 0 aliphatic heterocycles.